The molecule has 14 nitrogen and oxygen atoms in total. The first kappa shape index (κ1) is 37.2. The van der Waals surface area contributed by atoms with E-state index in [0.717, 1.165) is 32.1 Å². The molecule has 0 aromatic rings. The summed E-state index contributed by atoms with van der Waals surface area (Å²) in [5, 5.41) is 64.6. The first-order valence-electron chi connectivity index (χ1n) is 16.2. The highest BCUT2D eigenvalue weighted by molar-refractivity contribution is 5.73. The van der Waals surface area contributed by atoms with E-state index in [1.54, 1.807) is 0 Å². The van der Waals surface area contributed by atoms with Crippen LogP contribution in [0.4, 0.5) is 8.78 Å². The average molecular weight is 670 g/mol. The molecule has 14 atom stereocenters. The lowest BCUT2D eigenvalue weighted by molar-refractivity contribution is -0.340. The van der Waals surface area contributed by atoms with Crippen molar-refractivity contribution in [1.29, 1.82) is 0 Å². The van der Waals surface area contributed by atoms with Crippen molar-refractivity contribution >= 4 is 11.9 Å². The number of nitrogens with one attached hydrogen (secondary N) is 1. The van der Waals surface area contributed by atoms with Gasteiger partial charge in [0.25, 0.3) is 0 Å². The zero-order valence-electron chi connectivity index (χ0n) is 26.1. The van der Waals surface area contributed by atoms with Gasteiger partial charge in [-0.2, -0.15) is 0 Å². The third-order valence-corrected chi connectivity index (χ3v) is 9.64. The quantitative estimate of drug-likeness (QED) is 0.146. The molecule has 0 radical (unpaired) electrons. The summed E-state index contributed by atoms with van der Waals surface area (Å²) >= 11 is 0. The lowest BCUT2D eigenvalue weighted by Gasteiger charge is -2.48. The predicted octanol–water partition coefficient (Wildman–Crippen LogP) is 0.0411. The minimum Gasteiger partial charge on any atom is -0.479 e. The number of carboxylic acid groups (broad SMARTS) is 1. The van der Waals surface area contributed by atoms with Crippen molar-refractivity contribution < 1.29 is 72.7 Å². The number of ether oxygens (including phenoxy) is 5. The van der Waals surface area contributed by atoms with Crippen LogP contribution in [-0.2, 0) is 33.3 Å². The molecule has 0 aromatic carbocycles. The smallest absolute Gasteiger partial charge is 0.332 e. The Morgan fingerprint density at radius 1 is 0.870 bits per heavy atom. The molecule has 2 saturated carbocycles. The van der Waals surface area contributed by atoms with Crippen molar-refractivity contribution in [3.8, 4) is 0 Å². The molecule has 46 heavy (non-hydrogen) atoms. The van der Waals surface area contributed by atoms with E-state index in [9.17, 15) is 49.0 Å². The van der Waals surface area contributed by atoms with Gasteiger partial charge in [0, 0.05) is 12.8 Å². The molecule has 0 spiro atoms. The Kier molecular flexibility index (Phi) is 13.5. The van der Waals surface area contributed by atoms with Crippen LogP contribution < -0.4 is 5.32 Å². The topological polar surface area (TPSA) is 214 Å². The standard InChI is InChI=1S/C30H49F2NO13/c1-13-21(36)23(38)24(39)30(42-13)46-25-16(27(31)32)9-6-10-17(25)44-29-20(33-14(2)35)26(22(37)19(12-34)45-29)43-18(28(40)41)11-15-7-4-3-5-8-15/h13,15-27,29-30,34,36-39H,3-12H2,1-2H3,(H,33,35)(H,40,41)/t13-,16?,17+,18-,19-,20?,21-,22-,23?,24-,25+,26?,29+,30?/m0/s1. The van der Waals surface area contributed by atoms with Crippen LogP contribution in [0.5, 0.6) is 0 Å². The van der Waals surface area contributed by atoms with Crippen LogP contribution in [0.15, 0.2) is 0 Å². The van der Waals surface area contributed by atoms with Gasteiger partial charge in [0.2, 0.25) is 12.3 Å². The molecule has 4 rings (SSSR count). The molecule has 2 aliphatic carbocycles. The van der Waals surface area contributed by atoms with Crippen molar-refractivity contribution in [2.45, 2.75) is 158 Å². The number of halogens is 2. The number of aliphatic carboxylic acids is 1. The number of carboxylic acids is 1. The minimum absolute atomic E-state index is 0.0254. The van der Waals surface area contributed by atoms with E-state index >= 15 is 0 Å². The van der Waals surface area contributed by atoms with Gasteiger partial charge in [0.1, 0.15) is 42.7 Å². The molecule has 2 heterocycles. The van der Waals surface area contributed by atoms with Crippen LogP contribution in [-0.4, -0.2) is 135 Å². The summed E-state index contributed by atoms with van der Waals surface area (Å²) in [7, 11) is 0. The number of carbonyl (C=O) groups excluding carboxylic acids is 1. The Balaban J connectivity index is 1.60. The summed E-state index contributed by atoms with van der Waals surface area (Å²) < 4.78 is 58.0. The monoisotopic (exact) mass is 669 g/mol. The molecule has 0 bridgehead atoms. The van der Waals surface area contributed by atoms with E-state index in [1.165, 1.54) is 13.8 Å². The van der Waals surface area contributed by atoms with E-state index in [2.05, 4.69) is 5.32 Å². The molecule has 16 heteroatoms. The third-order valence-electron chi connectivity index (χ3n) is 9.64. The normalized spacial score (nSPS) is 41.7. The number of hydrogen-bond acceptors (Lipinski definition) is 12. The van der Waals surface area contributed by atoms with Crippen LogP contribution in [0.2, 0.25) is 0 Å². The fourth-order valence-electron chi connectivity index (χ4n) is 7.08. The molecule has 2 aliphatic heterocycles. The molecular weight excluding hydrogens is 620 g/mol. The first-order valence-corrected chi connectivity index (χ1v) is 16.2. The molecule has 5 unspecified atom stereocenters. The molecule has 0 aromatic heterocycles. The Labute approximate surface area is 266 Å². The lowest BCUT2D eigenvalue weighted by atomic mass is 9.84. The summed E-state index contributed by atoms with van der Waals surface area (Å²) in [6.45, 7) is 1.86. The van der Waals surface area contributed by atoms with Gasteiger partial charge in [-0.15, -0.1) is 0 Å². The van der Waals surface area contributed by atoms with Crippen molar-refractivity contribution in [3.05, 3.63) is 0 Å². The van der Waals surface area contributed by atoms with Gasteiger partial charge in [0.15, 0.2) is 18.7 Å². The highest BCUT2D eigenvalue weighted by Crippen LogP contribution is 2.38. The van der Waals surface area contributed by atoms with Crippen LogP contribution in [0.25, 0.3) is 0 Å². The summed E-state index contributed by atoms with van der Waals surface area (Å²) in [6, 6.07) is -1.33. The Hall–Kier alpha value is -1.60. The predicted molar refractivity (Wildman–Crippen MR) is 152 cm³/mol. The van der Waals surface area contributed by atoms with E-state index in [4.69, 9.17) is 23.7 Å². The van der Waals surface area contributed by atoms with Gasteiger partial charge in [-0.25, -0.2) is 13.6 Å². The minimum atomic E-state index is -2.89. The molecule has 4 fully saturated rings. The second-order valence-corrected chi connectivity index (χ2v) is 13.0. The average Bonchev–Trinajstić information content (AvgIpc) is 3.01. The summed E-state index contributed by atoms with van der Waals surface area (Å²) in [6.07, 6.45) is -15.0. The Morgan fingerprint density at radius 3 is 2.17 bits per heavy atom. The van der Waals surface area contributed by atoms with Crippen LogP contribution in [0.3, 0.4) is 0 Å². The SMILES string of the molecule is CC(=O)NC1C(O[C@@H](CC2CCCCC2)C(=O)O)[C@@H](O)[C@H](CO)O[C@H]1O[C@@H]1CCCC(C(F)F)[C@H]1OC1O[C@@H](C)[C@H](O)C(O)[C@@H]1O. The van der Waals surface area contributed by atoms with Crippen LogP contribution in [0.1, 0.15) is 71.6 Å². The van der Waals surface area contributed by atoms with Gasteiger partial charge in [0.05, 0.1) is 24.9 Å². The number of hydrogen-bond donors (Lipinski definition) is 7. The van der Waals surface area contributed by atoms with Gasteiger partial charge >= 0.3 is 5.97 Å². The van der Waals surface area contributed by atoms with Crippen molar-refractivity contribution in [1.82, 2.24) is 5.32 Å². The zero-order chi connectivity index (χ0) is 33.7. The number of aliphatic hydroxyl groups is 5. The molecule has 1 amide bonds. The fourth-order valence-corrected chi connectivity index (χ4v) is 7.08. The highest BCUT2D eigenvalue weighted by Gasteiger charge is 2.52. The highest BCUT2D eigenvalue weighted by atomic mass is 19.3. The summed E-state index contributed by atoms with van der Waals surface area (Å²) in [5.41, 5.74) is 0. The largest absolute Gasteiger partial charge is 0.479 e. The van der Waals surface area contributed by atoms with Gasteiger partial charge in [-0.3, -0.25) is 4.79 Å². The molecule has 4 aliphatic rings. The Bertz CT molecular complexity index is 990. The van der Waals surface area contributed by atoms with Gasteiger partial charge in [-0.05, 0) is 32.1 Å². The van der Waals surface area contributed by atoms with E-state index in [-0.39, 0.29) is 31.6 Å². The van der Waals surface area contributed by atoms with Gasteiger partial charge < -0.3 is 59.6 Å². The number of carbonyl (C=O) groups is 2. The fraction of sp³-hybridized carbons (Fsp3) is 0.933. The zero-order valence-corrected chi connectivity index (χ0v) is 26.1. The number of rotatable bonds is 12. The van der Waals surface area contributed by atoms with Crippen molar-refractivity contribution in [2.24, 2.45) is 11.8 Å². The number of alkyl halides is 2. The number of aliphatic hydroxyl groups excluding tert-OH is 5. The summed E-state index contributed by atoms with van der Waals surface area (Å²) in [5.74, 6) is -3.20. The van der Waals surface area contributed by atoms with Crippen molar-refractivity contribution in [2.75, 3.05) is 6.61 Å². The van der Waals surface area contributed by atoms with Gasteiger partial charge in [-0.1, -0.05) is 38.5 Å². The maximum Gasteiger partial charge on any atom is 0.332 e. The van der Waals surface area contributed by atoms with E-state index < -0.39 is 110 Å². The molecule has 7 N–H and O–H groups in total. The van der Waals surface area contributed by atoms with Crippen LogP contribution >= 0.6 is 0 Å². The van der Waals surface area contributed by atoms with E-state index in [1.807, 2.05) is 0 Å². The first-order chi connectivity index (χ1) is 21.8. The number of amides is 1. The lowest BCUT2D eigenvalue weighted by Crippen LogP contribution is -2.67. The second-order valence-electron chi connectivity index (χ2n) is 13.0. The van der Waals surface area contributed by atoms with Crippen molar-refractivity contribution in [3.63, 3.8) is 0 Å². The molecule has 266 valence electrons. The maximum absolute atomic E-state index is 14.3. The third kappa shape index (κ3) is 8.89. The molecular formula is C30H49F2NO13. The molecule has 2 saturated heterocycles. The maximum atomic E-state index is 14.3. The second kappa shape index (κ2) is 16.7. The van der Waals surface area contributed by atoms with Crippen LogP contribution in [0, 0.1) is 11.8 Å². The van der Waals surface area contributed by atoms with E-state index in [0.29, 0.717) is 0 Å². The summed E-state index contributed by atoms with van der Waals surface area (Å²) in [4.78, 5) is 24.6. The Morgan fingerprint density at radius 2 is 1.57 bits per heavy atom.